The standard InChI is InChI=1S/C13H14N2O3S/c1-3-8-11(16)14-13(19)15(12(8)17)9-6-4-5-7-10(9)18-2/h4-7,17H,3H2,1-2H3,(H,14,16,19). The Hall–Kier alpha value is -2.08. The summed E-state index contributed by atoms with van der Waals surface area (Å²) < 4.78 is 6.77. The molecule has 0 saturated heterocycles. The fraction of sp³-hybridized carbons (Fsp3) is 0.231. The van der Waals surface area contributed by atoms with E-state index in [1.807, 2.05) is 6.07 Å². The van der Waals surface area contributed by atoms with Crippen LogP contribution in [0.3, 0.4) is 0 Å². The minimum atomic E-state index is -0.365. The van der Waals surface area contributed by atoms with Crippen LogP contribution in [0.25, 0.3) is 5.69 Å². The first-order chi connectivity index (χ1) is 9.10. The van der Waals surface area contributed by atoms with Gasteiger partial charge in [0.1, 0.15) is 5.75 Å². The molecule has 1 heterocycles. The Morgan fingerprint density at radius 3 is 2.74 bits per heavy atom. The first kappa shape index (κ1) is 13.4. The first-order valence-electron chi connectivity index (χ1n) is 5.80. The summed E-state index contributed by atoms with van der Waals surface area (Å²) in [5, 5.41) is 10.2. The van der Waals surface area contributed by atoms with Crippen molar-refractivity contribution in [2.45, 2.75) is 13.3 Å². The van der Waals surface area contributed by atoms with Gasteiger partial charge in [0.05, 0.1) is 18.4 Å². The zero-order valence-corrected chi connectivity index (χ0v) is 11.5. The molecule has 2 N–H and O–H groups in total. The summed E-state index contributed by atoms with van der Waals surface area (Å²) >= 11 is 5.12. The van der Waals surface area contributed by atoms with E-state index in [1.165, 1.54) is 11.7 Å². The van der Waals surface area contributed by atoms with Gasteiger partial charge in [0, 0.05) is 0 Å². The molecule has 0 aliphatic carbocycles. The molecule has 0 radical (unpaired) electrons. The van der Waals surface area contributed by atoms with Crippen molar-refractivity contribution in [3.05, 3.63) is 45.0 Å². The van der Waals surface area contributed by atoms with E-state index >= 15 is 0 Å². The number of hydrogen-bond acceptors (Lipinski definition) is 4. The molecule has 2 aromatic rings. The van der Waals surface area contributed by atoms with Gasteiger partial charge in [-0.15, -0.1) is 0 Å². The van der Waals surface area contributed by atoms with Crippen molar-refractivity contribution >= 4 is 12.2 Å². The molecule has 5 nitrogen and oxygen atoms in total. The van der Waals surface area contributed by atoms with Crippen LogP contribution in [-0.2, 0) is 6.42 Å². The fourth-order valence-corrected chi connectivity index (χ4v) is 2.20. The Labute approximate surface area is 115 Å². The fourth-order valence-electron chi connectivity index (χ4n) is 1.92. The molecule has 100 valence electrons. The number of H-pyrrole nitrogens is 1. The van der Waals surface area contributed by atoms with Crippen molar-refractivity contribution < 1.29 is 9.84 Å². The van der Waals surface area contributed by atoms with Crippen LogP contribution in [0.1, 0.15) is 12.5 Å². The second-order valence-corrected chi connectivity index (χ2v) is 4.31. The molecule has 1 aromatic heterocycles. The molecule has 0 spiro atoms. The molecule has 0 aliphatic rings. The molecular formula is C13H14N2O3S. The van der Waals surface area contributed by atoms with Gasteiger partial charge in [-0.05, 0) is 30.8 Å². The van der Waals surface area contributed by atoms with Gasteiger partial charge in [-0.25, -0.2) is 0 Å². The van der Waals surface area contributed by atoms with Gasteiger partial charge in [-0.1, -0.05) is 19.1 Å². The number of nitrogens with zero attached hydrogens (tertiary/aromatic N) is 1. The molecule has 0 amide bonds. The Morgan fingerprint density at radius 2 is 2.11 bits per heavy atom. The second-order valence-electron chi connectivity index (χ2n) is 3.92. The molecule has 1 aromatic carbocycles. The van der Waals surface area contributed by atoms with E-state index in [2.05, 4.69) is 4.98 Å². The van der Waals surface area contributed by atoms with Crippen LogP contribution in [0.4, 0.5) is 0 Å². The lowest BCUT2D eigenvalue weighted by atomic mass is 10.2. The summed E-state index contributed by atoms with van der Waals surface area (Å²) in [6, 6.07) is 7.13. The van der Waals surface area contributed by atoms with Crippen molar-refractivity contribution in [2.75, 3.05) is 7.11 Å². The highest BCUT2D eigenvalue weighted by Crippen LogP contribution is 2.27. The zero-order valence-electron chi connectivity index (χ0n) is 10.6. The number of methoxy groups -OCH3 is 1. The monoisotopic (exact) mass is 278 g/mol. The molecule has 19 heavy (non-hydrogen) atoms. The van der Waals surface area contributed by atoms with Crippen LogP contribution >= 0.6 is 12.2 Å². The van der Waals surface area contributed by atoms with E-state index in [-0.39, 0.29) is 16.2 Å². The van der Waals surface area contributed by atoms with Crippen LogP contribution in [0.15, 0.2) is 29.1 Å². The van der Waals surface area contributed by atoms with Crippen molar-refractivity contribution in [1.82, 2.24) is 9.55 Å². The highest BCUT2D eigenvalue weighted by atomic mass is 32.1. The lowest BCUT2D eigenvalue weighted by Gasteiger charge is -2.14. The predicted molar refractivity (Wildman–Crippen MR) is 74.8 cm³/mol. The Kier molecular flexibility index (Phi) is 3.71. The molecule has 0 saturated carbocycles. The third-order valence-electron chi connectivity index (χ3n) is 2.86. The maximum atomic E-state index is 11.7. The second kappa shape index (κ2) is 5.27. The van der Waals surface area contributed by atoms with E-state index in [1.54, 1.807) is 25.1 Å². The number of nitrogens with one attached hydrogen (secondary N) is 1. The number of para-hydroxylation sites is 2. The lowest BCUT2D eigenvalue weighted by Crippen LogP contribution is -2.18. The van der Waals surface area contributed by atoms with Crippen LogP contribution in [0.2, 0.25) is 0 Å². The number of aromatic hydroxyl groups is 1. The van der Waals surface area contributed by atoms with E-state index in [9.17, 15) is 9.90 Å². The van der Waals surface area contributed by atoms with Crippen molar-refractivity contribution in [2.24, 2.45) is 0 Å². The highest BCUT2D eigenvalue weighted by Gasteiger charge is 2.14. The normalized spacial score (nSPS) is 10.4. The van der Waals surface area contributed by atoms with Crippen molar-refractivity contribution in [3.63, 3.8) is 0 Å². The number of aromatic amines is 1. The summed E-state index contributed by atoms with van der Waals surface area (Å²) in [7, 11) is 1.53. The summed E-state index contributed by atoms with van der Waals surface area (Å²) in [4.78, 5) is 14.3. The third-order valence-corrected chi connectivity index (χ3v) is 3.14. The van der Waals surface area contributed by atoms with Crippen LogP contribution in [0.5, 0.6) is 11.6 Å². The molecule has 0 fully saturated rings. The topological polar surface area (TPSA) is 67.2 Å². The van der Waals surface area contributed by atoms with Gasteiger partial charge >= 0.3 is 0 Å². The number of rotatable bonds is 3. The van der Waals surface area contributed by atoms with E-state index in [4.69, 9.17) is 17.0 Å². The maximum Gasteiger partial charge on any atom is 0.258 e. The van der Waals surface area contributed by atoms with E-state index in [0.717, 1.165) is 0 Å². The summed E-state index contributed by atoms with van der Waals surface area (Å²) in [6.07, 6.45) is 0.409. The highest BCUT2D eigenvalue weighted by molar-refractivity contribution is 7.71. The van der Waals surface area contributed by atoms with Gasteiger partial charge in [0.15, 0.2) is 4.77 Å². The van der Waals surface area contributed by atoms with Crippen LogP contribution in [0, 0.1) is 4.77 Å². The van der Waals surface area contributed by atoms with Gasteiger partial charge in [-0.3, -0.25) is 14.3 Å². The minimum Gasteiger partial charge on any atom is -0.495 e. The van der Waals surface area contributed by atoms with E-state index in [0.29, 0.717) is 23.4 Å². The maximum absolute atomic E-state index is 11.7. The van der Waals surface area contributed by atoms with E-state index < -0.39 is 0 Å². The first-order valence-corrected chi connectivity index (χ1v) is 6.21. The largest absolute Gasteiger partial charge is 0.495 e. The van der Waals surface area contributed by atoms with Gasteiger partial charge < -0.3 is 9.84 Å². The summed E-state index contributed by atoms with van der Waals surface area (Å²) in [6.45, 7) is 1.79. The summed E-state index contributed by atoms with van der Waals surface area (Å²) in [5.41, 5.74) is 0.508. The summed E-state index contributed by atoms with van der Waals surface area (Å²) in [5.74, 6) is 0.406. The average Bonchev–Trinajstić information content (AvgIpc) is 2.39. The Bertz CT molecular complexity index is 719. The van der Waals surface area contributed by atoms with Crippen LogP contribution < -0.4 is 10.3 Å². The predicted octanol–water partition coefficient (Wildman–Crippen LogP) is 2.17. The smallest absolute Gasteiger partial charge is 0.258 e. The molecular weight excluding hydrogens is 264 g/mol. The molecule has 6 heteroatoms. The quantitative estimate of drug-likeness (QED) is 0.844. The number of ether oxygens (including phenoxy) is 1. The third kappa shape index (κ3) is 2.26. The number of aromatic nitrogens is 2. The van der Waals surface area contributed by atoms with Crippen molar-refractivity contribution in [3.8, 4) is 17.3 Å². The van der Waals surface area contributed by atoms with Crippen molar-refractivity contribution in [1.29, 1.82) is 0 Å². The Morgan fingerprint density at radius 1 is 1.42 bits per heavy atom. The van der Waals surface area contributed by atoms with Gasteiger partial charge in [0.2, 0.25) is 5.88 Å². The van der Waals surface area contributed by atoms with Gasteiger partial charge in [-0.2, -0.15) is 0 Å². The molecule has 2 rings (SSSR count). The molecule has 0 aliphatic heterocycles. The van der Waals surface area contributed by atoms with Crippen LogP contribution in [-0.4, -0.2) is 21.8 Å². The lowest BCUT2D eigenvalue weighted by molar-refractivity contribution is 0.400. The molecule has 0 atom stereocenters. The molecule has 0 unspecified atom stereocenters. The average molecular weight is 278 g/mol. The molecule has 0 bridgehead atoms. The number of benzene rings is 1. The zero-order chi connectivity index (χ0) is 14.0. The Balaban J connectivity index is 2.83. The van der Waals surface area contributed by atoms with Gasteiger partial charge in [0.25, 0.3) is 5.56 Å². The SMILES string of the molecule is CCc1c(O)n(-c2ccccc2OC)c(=S)[nH]c1=O. The number of hydrogen-bond donors (Lipinski definition) is 2. The minimum absolute atomic E-state index is 0.129.